The van der Waals surface area contributed by atoms with E-state index in [0.29, 0.717) is 19.8 Å². The van der Waals surface area contributed by atoms with Crippen molar-refractivity contribution < 1.29 is 18.7 Å². The summed E-state index contributed by atoms with van der Waals surface area (Å²) in [5, 5.41) is 2.94. The van der Waals surface area contributed by atoms with E-state index in [1.54, 1.807) is 11.2 Å². The van der Waals surface area contributed by atoms with Crippen LogP contribution in [0.4, 0.5) is 4.79 Å². The number of amides is 2. The van der Waals surface area contributed by atoms with Gasteiger partial charge in [0.1, 0.15) is 5.76 Å². The summed E-state index contributed by atoms with van der Waals surface area (Å²) >= 11 is 0. The first-order chi connectivity index (χ1) is 9.69. The average Bonchev–Trinajstić information content (AvgIpc) is 3.11. The first-order valence-corrected chi connectivity index (χ1v) is 7.05. The van der Waals surface area contributed by atoms with E-state index in [1.165, 1.54) is 0 Å². The van der Waals surface area contributed by atoms with Crippen molar-refractivity contribution in [1.29, 1.82) is 0 Å². The highest BCUT2D eigenvalue weighted by Gasteiger charge is 2.42. The Morgan fingerprint density at radius 3 is 2.95 bits per heavy atom. The molecule has 1 N–H and O–H groups in total. The largest absolute Gasteiger partial charge is 0.467 e. The van der Waals surface area contributed by atoms with E-state index < -0.39 is 5.79 Å². The Balaban J connectivity index is 1.59. The zero-order valence-electron chi connectivity index (χ0n) is 11.6. The molecule has 0 saturated carbocycles. The molecule has 0 aliphatic carbocycles. The van der Waals surface area contributed by atoms with Gasteiger partial charge in [-0.2, -0.15) is 0 Å². The standard InChI is InChI=1S/C14H20N2O4/c1-11(12-4-2-7-18-12)15-13(17)16-6-3-5-14(10-16)19-8-9-20-14/h2,4,7,11H,3,5-6,8-10H2,1H3,(H,15,17)/t11-/m0/s1. The van der Waals surface area contributed by atoms with Gasteiger partial charge in [0.15, 0.2) is 5.79 Å². The summed E-state index contributed by atoms with van der Waals surface area (Å²) in [7, 11) is 0. The molecule has 1 aromatic rings. The van der Waals surface area contributed by atoms with Crippen molar-refractivity contribution in [3.05, 3.63) is 24.2 Å². The highest BCUT2D eigenvalue weighted by atomic mass is 16.7. The molecule has 1 atom stereocenters. The summed E-state index contributed by atoms with van der Waals surface area (Å²) < 4.78 is 16.6. The maximum Gasteiger partial charge on any atom is 0.318 e. The van der Waals surface area contributed by atoms with Crippen molar-refractivity contribution in [3.8, 4) is 0 Å². The van der Waals surface area contributed by atoms with E-state index in [0.717, 1.165) is 25.1 Å². The quantitative estimate of drug-likeness (QED) is 0.898. The van der Waals surface area contributed by atoms with Crippen LogP contribution in [0.2, 0.25) is 0 Å². The number of ether oxygens (including phenoxy) is 2. The second kappa shape index (κ2) is 5.46. The van der Waals surface area contributed by atoms with Crippen molar-refractivity contribution in [2.45, 2.75) is 31.6 Å². The molecule has 0 bridgehead atoms. The molecule has 3 rings (SSSR count). The van der Waals surface area contributed by atoms with E-state index in [1.807, 2.05) is 19.1 Å². The Labute approximate surface area is 118 Å². The minimum Gasteiger partial charge on any atom is -0.467 e. The Kier molecular flexibility index (Phi) is 3.67. The Morgan fingerprint density at radius 1 is 1.45 bits per heavy atom. The van der Waals surface area contributed by atoms with Crippen LogP contribution in [0.15, 0.2) is 22.8 Å². The van der Waals surface area contributed by atoms with Gasteiger partial charge in [-0.25, -0.2) is 4.79 Å². The number of carbonyl (C=O) groups is 1. The smallest absolute Gasteiger partial charge is 0.318 e. The molecule has 6 heteroatoms. The van der Waals surface area contributed by atoms with Crippen LogP contribution < -0.4 is 5.32 Å². The highest BCUT2D eigenvalue weighted by molar-refractivity contribution is 5.74. The van der Waals surface area contributed by atoms with E-state index >= 15 is 0 Å². The summed E-state index contributed by atoms with van der Waals surface area (Å²) in [5.41, 5.74) is 0. The number of furan rings is 1. The van der Waals surface area contributed by atoms with Crippen LogP contribution in [0, 0.1) is 0 Å². The number of nitrogens with zero attached hydrogens (tertiary/aromatic N) is 1. The number of hydrogen-bond acceptors (Lipinski definition) is 4. The fourth-order valence-corrected chi connectivity index (χ4v) is 2.78. The SMILES string of the molecule is C[C@H](NC(=O)N1CCCC2(C1)OCCO2)c1ccco1. The molecule has 0 aromatic carbocycles. The molecule has 1 aromatic heterocycles. The second-order valence-corrected chi connectivity index (χ2v) is 5.32. The molecule has 0 unspecified atom stereocenters. The second-order valence-electron chi connectivity index (χ2n) is 5.32. The molecule has 2 amide bonds. The maximum atomic E-state index is 12.3. The zero-order chi connectivity index (χ0) is 14.0. The van der Waals surface area contributed by atoms with Gasteiger partial charge in [-0.3, -0.25) is 0 Å². The molecule has 0 radical (unpaired) electrons. The fourth-order valence-electron chi connectivity index (χ4n) is 2.78. The highest BCUT2D eigenvalue weighted by Crippen LogP contribution is 2.30. The normalized spacial score (nSPS) is 22.9. The number of nitrogens with one attached hydrogen (secondary N) is 1. The molecule has 20 heavy (non-hydrogen) atoms. The van der Waals surface area contributed by atoms with Crippen LogP contribution in [0.1, 0.15) is 31.6 Å². The Bertz CT molecular complexity index is 454. The number of hydrogen-bond donors (Lipinski definition) is 1. The Hall–Kier alpha value is -1.53. The molecule has 6 nitrogen and oxygen atoms in total. The summed E-state index contributed by atoms with van der Waals surface area (Å²) in [6.07, 6.45) is 3.35. The van der Waals surface area contributed by atoms with Gasteiger partial charge in [0.05, 0.1) is 32.1 Å². The summed E-state index contributed by atoms with van der Waals surface area (Å²) in [5.74, 6) is 0.169. The van der Waals surface area contributed by atoms with E-state index in [9.17, 15) is 4.79 Å². The molecular weight excluding hydrogens is 260 g/mol. The van der Waals surface area contributed by atoms with Crippen molar-refractivity contribution in [3.63, 3.8) is 0 Å². The van der Waals surface area contributed by atoms with E-state index in [4.69, 9.17) is 13.9 Å². The lowest BCUT2D eigenvalue weighted by Crippen LogP contribution is -2.53. The number of carbonyl (C=O) groups excluding carboxylic acids is 1. The zero-order valence-corrected chi connectivity index (χ0v) is 11.6. The third-order valence-corrected chi connectivity index (χ3v) is 3.83. The lowest BCUT2D eigenvalue weighted by atomic mass is 10.1. The molecule has 2 aliphatic rings. The average molecular weight is 280 g/mol. The minimum atomic E-state index is -0.580. The van der Waals surface area contributed by atoms with Gasteiger partial charge >= 0.3 is 6.03 Å². The monoisotopic (exact) mass is 280 g/mol. The van der Waals surface area contributed by atoms with Gasteiger partial charge in [0.25, 0.3) is 0 Å². The first kappa shape index (κ1) is 13.5. The van der Waals surface area contributed by atoms with Crippen LogP contribution in [-0.2, 0) is 9.47 Å². The Morgan fingerprint density at radius 2 is 2.25 bits per heavy atom. The van der Waals surface area contributed by atoms with Crippen LogP contribution in [0.25, 0.3) is 0 Å². The van der Waals surface area contributed by atoms with Gasteiger partial charge in [-0.05, 0) is 25.5 Å². The third kappa shape index (κ3) is 2.66. The van der Waals surface area contributed by atoms with Crippen molar-refractivity contribution in [2.24, 2.45) is 0 Å². The van der Waals surface area contributed by atoms with Gasteiger partial charge in [0.2, 0.25) is 0 Å². The molecule has 2 saturated heterocycles. The van der Waals surface area contributed by atoms with E-state index in [2.05, 4.69) is 5.32 Å². The summed E-state index contributed by atoms with van der Waals surface area (Å²) in [6.45, 7) is 4.34. The molecule has 2 fully saturated rings. The van der Waals surface area contributed by atoms with Gasteiger partial charge in [0, 0.05) is 13.0 Å². The predicted molar refractivity (Wildman–Crippen MR) is 71.1 cm³/mol. The third-order valence-electron chi connectivity index (χ3n) is 3.83. The van der Waals surface area contributed by atoms with Crippen LogP contribution in [0.3, 0.4) is 0 Å². The number of rotatable bonds is 2. The molecule has 110 valence electrons. The lowest BCUT2D eigenvalue weighted by molar-refractivity contribution is -0.182. The fraction of sp³-hybridized carbons (Fsp3) is 0.643. The van der Waals surface area contributed by atoms with Crippen molar-refractivity contribution in [2.75, 3.05) is 26.3 Å². The van der Waals surface area contributed by atoms with Gasteiger partial charge in [-0.15, -0.1) is 0 Å². The van der Waals surface area contributed by atoms with Crippen molar-refractivity contribution in [1.82, 2.24) is 10.2 Å². The molecule has 1 spiro atoms. The lowest BCUT2D eigenvalue weighted by Gasteiger charge is -2.38. The summed E-state index contributed by atoms with van der Waals surface area (Å²) in [6, 6.07) is 3.41. The van der Waals surface area contributed by atoms with E-state index in [-0.39, 0.29) is 12.1 Å². The maximum absolute atomic E-state index is 12.3. The van der Waals surface area contributed by atoms with Crippen LogP contribution >= 0.6 is 0 Å². The van der Waals surface area contributed by atoms with Crippen LogP contribution in [-0.4, -0.2) is 43.0 Å². The van der Waals surface area contributed by atoms with Crippen LogP contribution in [0.5, 0.6) is 0 Å². The molecule has 2 aliphatic heterocycles. The number of piperidine rings is 1. The molecule has 3 heterocycles. The topological polar surface area (TPSA) is 63.9 Å². The number of urea groups is 1. The predicted octanol–water partition coefficient (Wildman–Crippen LogP) is 1.89. The van der Waals surface area contributed by atoms with Crippen molar-refractivity contribution >= 4 is 6.03 Å². The minimum absolute atomic E-state index is 0.105. The summed E-state index contributed by atoms with van der Waals surface area (Å²) in [4.78, 5) is 14.1. The van der Waals surface area contributed by atoms with Gasteiger partial charge in [-0.1, -0.05) is 0 Å². The number of likely N-dealkylation sites (tertiary alicyclic amines) is 1. The first-order valence-electron chi connectivity index (χ1n) is 7.05. The molecular formula is C14H20N2O4. The van der Waals surface area contributed by atoms with Gasteiger partial charge < -0.3 is 24.1 Å².